The molecular weight excluding hydrogens is 372 g/mol. The van der Waals surface area contributed by atoms with Crippen LogP contribution in [0.25, 0.3) is 0 Å². The Kier molecular flexibility index (Phi) is 5.94. The summed E-state index contributed by atoms with van der Waals surface area (Å²) in [6.45, 7) is 12.8. The molecule has 5 nitrogen and oxygen atoms in total. The molecule has 1 aromatic heterocycles. The van der Waals surface area contributed by atoms with Gasteiger partial charge in [0, 0.05) is 54.3 Å². The van der Waals surface area contributed by atoms with Crippen LogP contribution in [0.2, 0.25) is 5.02 Å². The summed E-state index contributed by atoms with van der Waals surface area (Å²) in [4.78, 5) is 26.2. The first-order valence-electron chi connectivity index (χ1n) is 9.78. The zero-order valence-corrected chi connectivity index (χ0v) is 18.2. The van der Waals surface area contributed by atoms with Crippen LogP contribution in [0.1, 0.15) is 43.4 Å². The van der Waals surface area contributed by atoms with Gasteiger partial charge in [0.15, 0.2) is 0 Å². The number of hydrogen-bond acceptors (Lipinski definition) is 4. The maximum absolute atomic E-state index is 12.6. The first-order chi connectivity index (χ1) is 13.2. The van der Waals surface area contributed by atoms with Crippen LogP contribution in [0.4, 0.5) is 5.82 Å². The molecular formula is C22H29ClN4O. The fraction of sp³-hybridized carbons (Fsp3) is 0.500. The van der Waals surface area contributed by atoms with Gasteiger partial charge in [-0.3, -0.25) is 4.79 Å². The second-order valence-corrected chi connectivity index (χ2v) is 8.86. The van der Waals surface area contributed by atoms with Crippen molar-refractivity contribution < 1.29 is 4.79 Å². The molecule has 0 spiro atoms. The third-order valence-electron chi connectivity index (χ3n) is 5.14. The highest BCUT2D eigenvalue weighted by molar-refractivity contribution is 6.31. The molecule has 0 aliphatic carbocycles. The van der Waals surface area contributed by atoms with Crippen molar-refractivity contribution in [2.24, 2.45) is 5.41 Å². The van der Waals surface area contributed by atoms with E-state index in [9.17, 15) is 4.79 Å². The molecule has 1 fully saturated rings. The average Bonchev–Trinajstić information content (AvgIpc) is 2.64. The lowest BCUT2D eigenvalue weighted by Gasteiger charge is -2.39. The second kappa shape index (κ2) is 8.08. The summed E-state index contributed by atoms with van der Waals surface area (Å²) in [7, 11) is 0. The van der Waals surface area contributed by atoms with Crippen LogP contribution in [0.5, 0.6) is 0 Å². The summed E-state index contributed by atoms with van der Waals surface area (Å²) in [5.41, 5.74) is 2.81. The SMILES string of the molecule is Cc1nc(C)c(Cc2ccccc2Cl)c(N2CCN(C(=O)C(C)(C)C)CC2)n1. The first kappa shape index (κ1) is 20.6. The molecule has 1 aromatic carbocycles. The van der Waals surface area contributed by atoms with E-state index in [1.54, 1.807) is 0 Å². The zero-order valence-electron chi connectivity index (χ0n) is 17.4. The van der Waals surface area contributed by atoms with Gasteiger partial charge in [-0.1, -0.05) is 50.6 Å². The number of carbonyl (C=O) groups is 1. The van der Waals surface area contributed by atoms with E-state index in [2.05, 4.69) is 9.88 Å². The highest BCUT2D eigenvalue weighted by Gasteiger charge is 2.30. The summed E-state index contributed by atoms with van der Waals surface area (Å²) in [6, 6.07) is 7.90. The normalized spacial score (nSPS) is 15.1. The molecule has 0 radical (unpaired) electrons. The molecule has 2 heterocycles. The number of benzene rings is 1. The first-order valence-corrected chi connectivity index (χ1v) is 10.2. The van der Waals surface area contributed by atoms with Crippen molar-refractivity contribution in [3.63, 3.8) is 0 Å². The number of nitrogens with zero attached hydrogens (tertiary/aromatic N) is 4. The number of aromatic nitrogens is 2. The molecule has 1 aliphatic rings. The number of anilines is 1. The van der Waals surface area contributed by atoms with Gasteiger partial charge in [0.1, 0.15) is 11.6 Å². The Labute approximate surface area is 172 Å². The van der Waals surface area contributed by atoms with Crippen molar-refractivity contribution in [2.75, 3.05) is 31.1 Å². The Morgan fingerprint density at radius 3 is 2.32 bits per heavy atom. The number of hydrogen-bond donors (Lipinski definition) is 0. The molecule has 2 aromatic rings. The van der Waals surface area contributed by atoms with Crippen LogP contribution >= 0.6 is 11.6 Å². The van der Waals surface area contributed by atoms with Crippen molar-refractivity contribution in [1.82, 2.24) is 14.9 Å². The van der Waals surface area contributed by atoms with Gasteiger partial charge in [-0.15, -0.1) is 0 Å². The minimum Gasteiger partial charge on any atom is -0.353 e. The highest BCUT2D eigenvalue weighted by Crippen LogP contribution is 2.28. The van der Waals surface area contributed by atoms with Gasteiger partial charge in [0.2, 0.25) is 5.91 Å². The lowest BCUT2D eigenvalue weighted by atomic mass is 9.94. The standard InChI is InChI=1S/C22H29ClN4O/c1-15-18(14-17-8-6-7-9-19(17)23)20(25-16(2)24-15)26-10-12-27(13-11-26)21(28)22(3,4)5/h6-9H,10-14H2,1-5H3. The van der Waals surface area contributed by atoms with Crippen molar-refractivity contribution >= 4 is 23.3 Å². The van der Waals surface area contributed by atoms with E-state index in [0.29, 0.717) is 19.5 Å². The molecule has 28 heavy (non-hydrogen) atoms. The predicted molar refractivity (Wildman–Crippen MR) is 114 cm³/mol. The Balaban J connectivity index is 1.85. The van der Waals surface area contributed by atoms with Gasteiger partial charge >= 0.3 is 0 Å². The van der Waals surface area contributed by atoms with E-state index >= 15 is 0 Å². The summed E-state index contributed by atoms with van der Waals surface area (Å²) in [5.74, 6) is 1.94. The van der Waals surface area contributed by atoms with Crippen LogP contribution in [0.3, 0.4) is 0 Å². The molecule has 0 unspecified atom stereocenters. The van der Waals surface area contributed by atoms with Gasteiger partial charge in [0.05, 0.1) is 0 Å². The number of amides is 1. The van der Waals surface area contributed by atoms with Gasteiger partial charge in [0.25, 0.3) is 0 Å². The quantitative estimate of drug-likeness (QED) is 0.780. The lowest BCUT2D eigenvalue weighted by Crippen LogP contribution is -2.52. The maximum atomic E-state index is 12.6. The van der Waals surface area contributed by atoms with E-state index < -0.39 is 0 Å². The number of piperazine rings is 1. The molecule has 0 N–H and O–H groups in total. The van der Waals surface area contributed by atoms with Crippen molar-refractivity contribution in [2.45, 2.75) is 41.0 Å². The third kappa shape index (κ3) is 4.46. The summed E-state index contributed by atoms with van der Waals surface area (Å²) in [5, 5.41) is 0.758. The smallest absolute Gasteiger partial charge is 0.228 e. The third-order valence-corrected chi connectivity index (χ3v) is 5.51. The Hall–Kier alpha value is -2.14. The molecule has 0 atom stereocenters. The topological polar surface area (TPSA) is 49.3 Å². The van der Waals surface area contributed by atoms with Crippen LogP contribution in [-0.4, -0.2) is 47.0 Å². The van der Waals surface area contributed by atoms with Gasteiger partial charge in [-0.25, -0.2) is 9.97 Å². The summed E-state index contributed by atoms with van der Waals surface area (Å²) in [6.07, 6.45) is 0.697. The number of aryl methyl sites for hydroxylation is 2. The van der Waals surface area contributed by atoms with Crippen molar-refractivity contribution in [1.29, 1.82) is 0 Å². The number of halogens is 1. The minimum atomic E-state index is -0.348. The highest BCUT2D eigenvalue weighted by atomic mass is 35.5. The van der Waals surface area contributed by atoms with Crippen LogP contribution < -0.4 is 4.90 Å². The van der Waals surface area contributed by atoms with Gasteiger partial charge in [-0.05, 0) is 25.5 Å². The Bertz CT molecular complexity index is 867. The average molecular weight is 401 g/mol. The van der Waals surface area contributed by atoms with Crippen LogP contribution in [-0.2, 0) is 11.2 Å². The molecule has 1 saturated heterocycles. The molecule has 1 aliphatic heterocycles. The fourth-order valence-corrected chi connectivity index (χ4v) is 3.82. The minimum absolute atomic E-state index is 0.207. The van der Waals surface area contributed by atoms with E-state index in [1.165, 1.54) is 0 Å². The molecule has 3 rings (SSSR count). The van der Waals surface area contributed by atoms with Crippen molar-refractivity contribution in [3.8, 4) is 0 Å². The molecule has 0 bridgehead atoms. The molecule has 150 valence electrons. The molecule has 6 heteroatoms. The van der Waals surface area contributed by atoms with E-state index in [0.717, 1.165) is 46.6 Å². The van der Waals surface area contributed by atoms with Crippen LogP contribution in [0, 0.1) is 19.3 Å². The predicted octanol–water partition coefficient (Wildman–Crippen LogP) is 4.03. The zero-order chi connectivity index (χ0) is 20.5. The molecule has 1 amide bonds. The fourth-order valence-electron chi connectivity index (χ4n) is 3.61. The number of rotatable bonds is 3. The summed E-state index contributed by atoms with van der Waals surface area (Å²) < 4.78 is 0. The Morgan fingerprint density at radius 1 is 1.07 bits per heavy atom. The lowest BCUT2D eigenvalue weighted by molar-refractivity contribution is -0.139. The monoisotopic (exact) mass is 400 g/mol. The molecule has 0 saturated carbocycles. The maximum Gasteiger partial charge on any atom is 0.228 e. The van der Waals surface area contributed by atoms with E-state index in [1.807, 2.05) is 63.8 Å². The largest absolute Gasteiger partial charge is 0.353 e. The van der Waals surface area contributed by atoms with E-state index in [4.69, 9.17) is 16.6 Å². The second-order valence-electron chi connectivity index (χ2n) is 8.46. The van der Waals surface area contributed by atoms with Gasteiger partial charge < -0.3 is 9.80 Å². The van der Waals surface area contributed by atoms with Crippen LogP contribution in [0.15, 0.2) is 24.3 Å². The Morgan fingerprint density at radius 2 is 1.71 bits per heavy atom. The number of carbonyl (C=O) groups excluding carboxylic acids is 1. The van der Waals surface area contributed by atoms with E-state index in [-0.39, 0.29) is 11.3 Å². The van der Waals surface area contributed by atoms with Gasteiger partial charge in [-0.2, -0.15) is 0 Å². The summed E-state index contributed by atoms with van der Waals surface area (Å²) >= 11 is 6.39. The van der Waals surface area contributed by atoms with Crippen molar-refractivity contribution in [3.05, 3.63) is 51.9 Å².